The third kappa shape index (κ3) is 3.45. The average molecular weight is 236 g/mol. The van der Waals surface area contributed by atoms with Gasteiger partial charge in [0.2, 0.25) is 11.9 Å². The summed E-state index contributed by atoms with van der Waals surface area (Å²) in [5, 5.41) is 11.9. The van der Waals surface area contributed by atoms with E-state index in [9.17, 15) is 0 Å². The molecule has 0 unspecified atom stereocenters. The smallest absolute Gasteiger partial charge is 0.322 e. The molecule has 0 aromatic carbocycles. The Labute approximate surface area is 100 Å². The van der Waals surface area contributed by atoms with Crippen LogP contribution in [0, 0.1) is 11.5 Å². The fraction of sp³-hybridized carbons (Fsp3) is 0.600. The van der Waals surface area contributed by atoms with Crippen molar-refractivity contribution in [2.75, 3.05) is 24.4 Å². The van der Waals surface area contributed by atoms with Crippen LogP contribution >= 0.6 is 0 Å². The quantitative estimate of drug-likeness (QED) is 0.603. The van der Waals surface area contributed by atoms with Gasteiger partial charge in [0.25, 0.3) is 0 Å². The molecule has 1 aromatic heterocycles. The number of nitrogens with one attached hydrogen (secondary N) is 1. The van der Waals surface area contributed by atoms with Gasteiger partial charge in [-0.05, 0) is 13.3 Å². The summed E-state index contributed by atoms with van der Waals surface area (Å²) in [6, 6.07) is 0.422. The maximum absolute atomic E-state index is 8.79. The van der Waals surface area contributed by atoms with Crippen LogP contribution in [0.15, 0.2) is 0 Å². The third-order valence-electron chi connectivity index (χ3n) is 2.22. The Bertz CT molecular complexity index is 416. The Hall–Kier alpha value is -2.10. The van der Waals surface area contributed by atoms with Crippen LogP contribution in [-0.4, -0.2) is 35.2 Å². The summed E-state index contributed by atoms with van der Waals surface area (Å²) in [6.07, 6.45) is 2.87. The Kier molecular flexibility index (Phi) is 4.46. The molecular weight excluding hydrogens is 220 g/mol. The van der Waals surface area contributed by atoms with Crippen molar-refractivity contribution >= 4 is 11.9 Å². The lowest BCUT2D eigenvalue weighted by Crippen LogP contribution is -2.19. The molecule has 92 valence electrons. The monoisotopic (exact) mass is 236 g/mol. The number of nitrogens with zero attached hydrogens (tertiary/aromatic N) is 5. The van der Waals surface area contributed by atoms with Crippen LogP contribution in [0.25, 0.3) is 0 Å². The first-order valence-electron chi connectivity index (χ1n) is 5.30. The lowest BCUT2D eigenvalue weighted by Gasteiger charge is -2.13. The molecule has 1 rings (SSSR count). The molecule has 1 heterocycles. The fourth-order valence-corrected chi connectivity index (χ4v) is 1.02. The van der Waals surface area contributed by atoms with E-state index in [-0.39, 0.29) is 18.0 Å². The van der Waals surface area contributed by atoms with E-state index in [1.807, 2.05) is 13.1 Å². The summed E-state index contributed by atoms with van der Waals surface area (Å²) >= 11 is 0. The highest BCUT2D eigenvalue weighted by atomic mass is 16.5. The molecule has 0 amide bonds. The number of aromatic nitrogens is 3. The largest absolute Gasteiger partial charge is 0.467 e. The number of hydrogen-bond acceptors (Lipinski definition) is 7. The lowest BCUT2D eigenvalue weighted by molar-refractivity contribution is 0.379. The number of ether oxygens (including phenoxy) is 1. The van der Waals surface area contributed by atoms with Gasteiger partial charge >= 0.3 is 6.01 Å². The molecular formula is C10H16N6O. The first-order valence-corrected chi connectivity index (χ1v) is 5.30. The molecule has 1 aromatic rings. The lowest BCUT2D eigenvalue weighted by atomic mass is 10.3. The zero-order valence-electron chi connectivity index (χ0n) is 10.4. The van der Waals surface area contributed by atoms with Crippen molar-refractivity contribution < 1.29 is 4.74 Å². The topological polar surface area (TPSA) is 87.0 Å². The third-order valence-corrected chi connectivity index (χ3v) is 2.22. The number of hydrogen-bond donors (Lipinski definition) is 1. The van der Waals surface area contributed by atoms with Crippen molar-refractivity contribution in [3.63, 3.8) is 0 Å². The van der Waals surface area contributed by atoms with Gasteiger partial charge in [0.1, 0.15) is 0 Å². The summed E-state index contributed by atoms with van der Waals surface area (Å²) in [5.41, 5.74) is 0. The van der Waals surface area contributed by atoms with Crippen molar-refractivity contribution in [3.8, 4) is 12.2 Å². The fourth-order valence-electron chi connectivity index (χ4n) is 1.02. The molecule has 17 heavy (non-hydrogen) atoms. The van der Waals surface area contributed by atoms with Gasteiger partial charge in [-0.15, -0.1) is 0 Å². The molecule has 0 radical (unpaired) electrons. The first kappa shape index (κ1) is 13.0. The summed E-state index contributed by atoms with van der Waals surface area (Å²) in [5.74, 6) is 0.661. The van der Waals surface area contributed by atoms with Gasteiger partial charge in [-0.3, -0.25) is 0 Å². The summed E-state index contributed by atoms with van der Waals surface area (Å²) in [4.78, 5) is 13.4. The van der Waals surface area contributed by atoms with E-state index in [0.29, 0.717) is 5.95 Å². The minimum atomic E-state index is 0.183. The van der Waals surface area contributed by atoms with Crippen molar-refractivity contribution in [2.45, 2.75) is 26.3 Å². The Morgan fingerprint density at radius 2 is 2.18 bits per heavy atom. The molecule has 0 bridgehead atoms. The predicted octanol–water partition coefficient (Wildman–Crippen LogP) is 1.01. The zero-order chi connectivity index (χ0) is 12.8. The molecule has 0 aliphatic carbocycles. The molecule has 1 atom stereocenters. The molecule has 7 heteroatoms. The second kappa shape index (κ2) is 5.84. The van der Waals surface area contributed by atoms with Gasteiger partial charge in [-0.1, -0.05) is 6.92 Å². The SMILES string of the molecule is CC[C@@H](C)Nc1nc(OC)nc(N(C)C#N)n1. The van der Waals surface area contributed by atoms with E-state index in [2.05, 4.69) is 27.2 Å². The van der Waals surface area contributed by atoms with Crippen LogP contribution in [0.5, 0.6) is 6.01 Å². The molecule has 0 aliphatic rings. The van der Waals surface area contributed by atoms with Crippen molar-refractivity contribution in [2.24, 2.45) is 0 Å². The van der Waals surface area contributed by atoms with Gasteiger partial charge in [-0.25, -0.2) is 4.90 Å². The molecule has 0 saturated carbocycles. The van der Waals surface area contributed by atoms with E-state index in [1.165, 1.54) is 12.0 Å². The highest BCUT2D eigenvalue weighted by Crippen LogP contribution is 2.14. The van der Waals surface area contributed by atoms with Gasteiger partial charge in [-0.2, -0.15) is 20.2 Å². The van der Waals surface area contributed by atoms with E-state index in [4.69, 9.17) is 10.00 Å². The van der Waals surface area contributed by atoms with Crippen LogP contribution in [0.4, 0.5) is 11.9 Å². The highest BCUT2D eigenvalue weighted by molar-refractivity contribution is 5.41. The van der Waals surface area contributed by atoms with Crippen LogP contribution in [0.2, 0.25) is 0 Å². The van der Waals surface area contributed by atoms with Gasteiger partial charge in [0, 0.05) is 13.1 Å². The minimum absolute atomic E-state index is 0.183. The highest BCUT2D eigenvalue weighted by Gasteiger charge is 2.11. The van der Waals surface area contributed by atoms with Crippen LogP contribution in [0.1, 0.15) is 20.3 Å². The second-order valence-electron chi connectivity index (χ2n) is 3.56. The first-order chi connectivity index (χ1) is 8.10. The maximum Gasteiger partial charge on any atom is 0.322 e. The molecule has 0 saturated heterocycles. The average Bonchev–Trinajstić information content (AvgIpc) is 2.36. The van der Waals surface area contributed by atoms with Gasteiger partial charge in [0.15, 0.2) is 6.19 Å². The van der Waals surface area contributed by atoms with Crippen molar-refractivity contribution in [1.82, 2.24) is 15.0 Å². The zero-order valence-corrected chi connectivity index (χ0v) is 10.4. The standard InChI is InChI=1S/C10H16N6O/c1-5-7(2)12-8-13-9(16(3)6-11)15-10(14-8)17-4/h7H,5H2,1-4H3,(H,12,13,14,15)/t7-/m1/s1. The van der Waals surface area contributed by atoms with Crippen LogP contribution < -0.4 is 15.0 Å². The van der Waals surface area contributed by atoms with Gasteiger partial charge < -0.3 is 10.1 Å². The number of nitriles is 1. The summed E-state index contributed by atoms with van der Waals surface area (Å²) in [6.45, 7) is 4.07. The molecule has 7 nitrogen and oxygen atoms in total. The Morgan fingerprint density at radius 1 is 1.47 bits per heavy atom. The second-order valence-corrected chi connectivity index (χ2v) is 3.56. The normalized spacial score (nSPS) is 11.5. The van der Waals surface area contributed by atoms with E-state index < -0.39 is 0 Å². The van der Waals surface area contributed by atoms with E-state index in [1.54, 1.807) is 7.05 Å². The molecule has 1 N–H and O–H groups in total. The Balaban J connectivity index is 3.01. The molecule has 0 fully saturated rings. The minimum Gasteiger partial charge on any atom is -0.467 e. The maximum atomic E-state index is 8.79. The van der Waals surface area contributed by atoms with Crippen molar-refractivity contribution in [1.29, 1.82) is 5.26 Å². The summed E-state index contributed by atoms with van der Waals surface area (Å²) in [7, 11) is 3.04. The predicted molar refractivity (Wildman–Crippen MR) is 63.8 cm³/mol. The van der Waals surface area contributed by atoms with Crippen LogP contribution in [0.3, 0.4) is 0 Å². The van der Waals surface area contributed by atoms with Gasteiger partial charge in [0.05, 0.1) is 7.11 Å². The number of methoxy groups -OCH3 is 1. The van der Waals surface area contributed by atoms with Crippen LogP contribution in [-0.2, 0) is 0 Å². The summed E-state index contributed by atoms with van der Waals surface area (Å²) < 4.78 is 4.97. The van der Waals surface area contributed by atoms with Crippen molar-refractivity contribution in [3.05, 3.63) is 0 Å². The number of anilines is 2. The van der Waals surface area contributed by atoms with E-state index >= 15 is 0 Å². The molecule has 0 spiro atoms. The molecule has 0 aliphatic heterocycles. The van der Waals surface area contributed by atoms with E-state index in [0.717, 1.165) is 6.42 Å². The number of rotatable bonds is 5. The Morgan fingerprint density at radius 3 is 2.71 bits per heavy atom.